The Morgan fingerprint density at radius 2 is 2.05 bits per heavy atom. The first-order valence-corrected chi connectivity index (χ1v) is 5.55. The van der Waals surface area contributed by atoms with Crippen LogP contribution < -0.4 is 11.1 Å². The molecule has 0 aliphatic rings. The summed E-state index contributed by atoms with van der Waals surface area (Å²) in [6.07, 6.45) is -6.02. The van der Waals surface area contributed by atoms with Crippen molar-refractivity contribution in [3.63, 3.8) is 0 Å². The van der Waals surface area contributed by atoms with Crippen LogP contribution in [0.3, 0.4) is 0 Å². The van der Waals surface area contributed by atoms with E-state index in [2.05, 4.69) is 5.32 Å². The number of nitrogens with two attached hydrogens (primary N) is 1. The minimum Gasteiger partial charge on any atom is -0.397 e. The summed E-state index contributed by atoms with van der Waals surface area (Å²) in [4.78, 5) is 11.5. The fourth-order valence-electron chi connectivity index (χ4n) is 1.25. The largest absolute Gasteiger partial charge is 0.417 e. The summed E-state index contributed by atoms with van der Waals surface area (Å²) in [5, 5.41) is 11.7. The van der Waals surface area contributed by atoms with Crippen molar-refractivity contribution in [2.75, 3.05) is 11.1 Å². The number of rotatable bonds is 3. The van der Waals surface area contributed by atoms with E-state index in [4.69, 9.17) is 17.3 Å². The Morgan fingerprint density at radius 1 is 1.47 bits per heavy atom. The highest BCUT2D eigenvalue weighted by atomic mass is 35.5. The summed E-state index contributed by atoms with van der Waals surface area (Å²) in [7, 11) is 0. The van der Waals surface area contributed by atoms with Crippen LogP contribution >= 0.6 is 11.6 Å². The lowest BCUT2D eigenvalue weighted by Gasteiger charge is -2.25. The molecular formula is C11H12ClF3N2O2. The third-order valence-electron chi connectivity index (χ3n) is 2.40. The molecule has 4 N–H and O–H groups in total. The van der Waals surface area contributed by atoms with E-state index in [1.807, 2.05) is 0 Å². The van der Waals surface area contributed by atoms with Crippen molar-refractivity contribution in [2.24, 2.45) is 0 Å². The molecule has 0 saturated heterocycles. The van der Waals surface area contributed by atoms with E-state index in [1.54, 1.807) is 0 Å². The Hall–Kier alpha value is -1.47. The molecule has 1 amide bonds. The van der Waals surface area contributed by atoms with Crippen LogP contribution in [0.2, 0.25) is 5.02 Å². The number of anilines is 2. The fraction of sp³-hybridized carbons (Fsp3) is 0.364. The van der Waals surface area contributed by atoms with E-state index in [0.717, 1.165) is 0 Å². The van der Waals surface area contributed by atoms with Gasteiger partial charge in [0.05, 0.1) is 17.8 Å². The summed E-state index contributed by atoms with van der Waals surface area (Å²) < 4.78 is 37.2. The number of carbonyl (C=O) groups is 1. The number of nitrogen functional groups attached to an aromatic ring is 1. The van der Waals surface area contributed by atoms with Gasteiger partial charge >= 0.3 is 6.18 Å². The van der Waals surface area contributed by atoms with E-state index in [0.29, 0.717) is 11.9 Å². The van der Waals surface area contributed by atoms with Crippen molar-refractivity contribution >= 4 is 28.9 Å². The molecule has 1 aromatic rings. The number of benzene rings is 1. The quantitative estimate of drug-likeness (QED) is 0.750. The monoisotopic (exact) mass is 296 g/mol. The van der Waals surface area contributed by atoms with Gasteiger partial charge in [0.2, 0.25) is 5.91 Å². The number of aliphatic hydroxyl groups is 1. The van der Waals surface area contributed by atoms with Crippen LogP contribution in [0.25, 0.3) is 0 Å². The topological polar surface area (TPSA) is 75.3 Å². The molecule has 0 heterocycles. The third kappa shape index (κ3) is 4.00. The molecular weight excluding hydrogens is 285 g/mol. The van der Waals surface area contributed by atoms with Crippen molar-refractivity contribution in [1.29, 1.82) is 0 Å². The Bertz CT molecular complexity index is 489. The first kappa shape index (κ1) is 15.6. The molecule has 19 heavy (non-hydrogen) atoms. The molecule has 1 aromatic carbocycles. The zero-order valence-electron chi connectivity index (χ0n) is 9.88. The van der Waals surface area contributed by atoms with Crippen LogP contribution in [0.4, 0.5) is 24.5 Å². The highest BCUT2D eigenvalue weighted by Gasteiger charge is 2.50. The lowest BCUT2D eigenvalue weighted by atomic mass is 10.0. The fourth-order valence-corrected chi connectivity index (χ4v) is 1.44. The molecule has 8 heteroatoms. The second-order valence-electron chi connectivity index (χ2n) is 4.23. The molecule has 0 fully saturated rings. The predicted octanol–water partition coefficient (Wildman–Crippen LogP) is 2.56. The number of hydrogen-bond acceptors (Lipinski definition) is 3. The summed E-state index contributed by atoms with van der Waals surface area (Å²) in [5.74, 6) is -1.00. The van der Waals surface area contributed by atoms with Gasteiger partial charge in [-0.1, -0.05) is 11.6 Å². The zero-order chi connectivity index (χ0) is 14.8. The van der Waals surface area contributed by atoms with Gasteiger partial charge in [-0.2, -0.15) is 13.2 Å². The van der Waals surface area contributed by atoms with Gasteiger partial charge in [0.25, 0.3) is 0 Å². The second-order valence-corrected chi connectivity index (χ2v) is 4.66. The number of amides is 1. The zero-order valence-corrected chi connectivity index (χ0v) is 10.6. The Kier molecular flexibility index (Phi) is 4.32. The van der Waals surface area contributed by atoms with Gasteiger partial charge in [-0.05, 0) is 25.1 Å². The Morgan fingerprint density at radius 3 is 2.53 bits per heavy atom. The van der Waals surface area contributed by atoms with Gasteiger partial charge in [0.15, 0.2) is 5.60 Å². The van der Waals surface area contributed by atoms with E-state index in [1.165, 1.54) is 18.2 Å². The summed E-state index contributed by atoms with van der Waals surface area (Å²) in [6, 6.07) is 4.13. The van der Waals surface area contributed by atoms with Crippen molar-refractivity contribution in [3.05, 3.63) is 23.2 Å². The molecule has 106 valence electrons. The van der Waals surface area contributed by atoms with E-state index < -0.39 is 24.1 Å². The minimum atomic E-state index is -4.89. The van der Waals surface area contributed by atoms with Gasteiger partial charge < -0.3 is 16.2 Å². The number of alkyl halides is 3. The van der Waals surface area contributed by atoms with Crippen LogP contribution in [0.1, 0.15) is 13.3 Å². The maximum absolute atomic E-state index is 12.4. The standard InChI is InChI=1S/C11H12ClF3N2O2/c1-10(19,11(13,14)15)5-9(18)17-8-3-2-6(12)4-7(8)16/h2-4,19H,5,16H2,1H3,(H,17,18). The maximum Gasteiger partial charge on any atom is 0.417 e. The number of hydrogen-bond donors (Lipinski definition) is 3. The van der Waals surface area contributed by atoms with Crippen molar-refractivity contribution in [2.45, 2.75) is 25.1 Å². The molecule has 1 rings (SSSR count). The molecule has 0 saturated carbocycles. The summed E-state index contributed by atoms with van der Waals surface area (Å²) in [5.41, 5.74) is 2.69. The summed E-state index contributed by atoms with van der Waals surface area (Å²) in [6.45, 7) is 0.526. The Labute approximate surface area is 112 Å². The van der Waals surface area contributed by atoms with Gasteiger partial charge in [0.1, 0.15) is 0 Å². The van der Waals surface area contributed by atoms with Gasteiger partial charge in [-0.15, -0.1) is 0 Å². The lowest BCUT2D eigenvalue weighted by Crippen LogP contribution is -2.44. The average Bonchev–Trinajstić information content (AvgIpc) is 2.19. The van der Waals surface area contributed by atoms with Crippen LogP contribution in [-0.4, -0.2) is 22.8 Å². The molecule has 0 aromatic heterocycles. The SMILES string of the molecule is CC(O)(CC(=O)Nc1ccc(Cl)cc1N)C(F)(F)F. The van der Waals surface area contributed by atoms with Gasteiger partial charge in [-0.25, -0.2) is 0 Å². The van der Waals surface area contributed by atoms with Crippen molar-refractivity contribution < 1.29 is 23.1 Å². The highest BCUT2D eigenvalue weighted by Crippen LogP contribution is 2.33. The van der Waals surface area contributed by atoms with E-state index in [-0.39, 0.29) is 11.4 Å². The predicted molar refractivity (Wildman–Crippen MR) is 65.8 cm³/mol. The normalized spacial score (nSPS) is 14.8. The van der Waals surface area contributed by atoms with Crippen molar-refractivity contribution in [3.8, 4) is 0 Å². The molecule has 0 spiro atoms. The number of carbonyl (C=O) groups excluding carboxylic acids is 1. The first-order chi connectivity index (χ1) is 8.53. The van der Waals surface area contributed by atoms with Gasteiger partial charge in [-0.3, -0.25) is 4.79 Å². The first-order valence-electron chi connectivity index (χ1n) is 5.17. The molecule has 1 atom stereocenters. The molecule has 1 unspecified atom stereocenters. The summed E-state index contributed by atoms with van der Waals surface area (Å²) >= 11 is 5.64. The molecule has 4 nitrogen and oxygen atoms in total. The second kappa shape index (κ2) is 5.26. The van der Waals surface area contributed by atoms with Crippen LogP contribution in [-0.2, 0) is 4.79 Å². The smallest absolute Gasteiger partial charge is 0.397 e. The van der Waals surface area contributed by atoms with E-state index in [9.17, 15) is 23.1 Å². The van der Waals surface area contributed by atoms with Crippen LogP contribution in [0.5, 0.6) is 0 Å². The molecule has 0 radical (unpaired) electrons. The van der Waals surface area contributed by atoms with Crippen molar-refractivity contribution in [1.82, 2.24) is 0 Å². The molecule has 0 bridgehead atoms. The van der Waals surface area contributed by atoms with Crippen LogP contribution in [0.15, 0.2) is 18.2 Å². The number of nitrogens with one attached hydrogen (secondary N) is 1. The minimum absolute atomic E-state index is 0.118. The Balaban J connectivity index is 2.76. The lowest BCUT2D eigenvalue weighted by molar-refractivity contribution is -0.252. The van der Waals surface area contributed by atoms with E-state index >= 15 is 0 Å². The van der Waals surface area contributed by atoms with Crippen LogP contribution in [0, 0.1) is 0 Å². The average molecular weight is 297 g/mol. The molecule has 0 aliphatic carbocycles. The van der Waals surface area contributed by atoms with Gasteiger partial charge in [0, 0.05) is 5.02 Å². The maximum atomic E-state index is 12.4. The third-order valence-corrected chi connectivity index (χ3v) is 2.64. The highest BCUT2D eigenvalue weighted by molar-refractivity contribution is 6.31. The molecule has 0 aliphatic heterocycles. The number of halogens is 4.